The van der Waals surface area contributed by atoms with Gasteiger partial charge in [-0.2, -0.15) is 0 Å². The second kappa shape index (κ2) is 3.81. The van der Waals surface area contributed by atoms with Gasteiger partial charge in [0.1, 0.15) is 11.8 Å². The smallest absolute Gasteiger partial charge is 0.314 e. The van der Waals surface area contributed by atoms with E-state index in [9.17, 15) is 9.59 Å². The molecule has 0 bridgehead atoms. The number of hydrogen-bond donors (Lipinski definition) is 2. The monoisotopic (exact) mass is 218 g/mol. The molecule has 0 heterocycles. The molecule has 2 atom stereocenters. The first kappa shape index (κ1) is 10.4. The summed E-state index contributed by atoms with van der Waals surface area (Å²) in [7, 11) is 0. The lowest BCUT2D eigenvalue weighted by Gasteiger charge is -2.21. The molecule has 0 saturated carbocycles. The van der Waals surface area contributed by atoms with Crippen LogP contribution in [0.15, 0.2) is 36.4 Å². The molecule has 4 heteroatoms. The summed E-state index contributed by atoms with van der Waals surface area (Å²) in [5.41, 5.74) is 1.12. The number of aliphatic carboxylic acids is 2. The van der Waals surface area contributed by atoms with Crippen LogP contribution in [0.4, 0.5) is 0 Å². The van der Waals surface area contributed by atoms with Gasteiger partial charge in [-0.15, -0.1) is 0 Å². The van der Waals surface area contributed by atoms with Gasteiger partial charge in [0.05, 0.1) is 0 Å². The van der Waals surface area contributed by atoms with Crippen LogP contribution in [0.1, 0.15) is 23.0 Å². The van der Waals surface area contributed by atoms with E-state index in [1.165, 1.54) is 12.2 Å². The Morgan fingerprint density at radius 3 is 1.56 bits per heavy atom. The maximum atomic E-state index is 11.0. The van der Waals surface area contributed by atoms with Crippen LogP contribution >= 0.6 is 0 Å². The maximum absolute atomic E-state index is 11.0. The number of carboxylic acids is 2. The predicted octanol–water partition coefficient (Wildman–Crippen LogP) is 1.59. The van der Waals surface area contributed by atoms with Crippen LogP contribution in [0.25, 0.3) is 0 Å². The van der Waals surface area contributed by atoms with E-state index in [1.54, 1.807) is 24.3 Å². The van der Waals surface area contributed by atoms with Crippen LogP contribution < -0.4 is 0 Å². The van der Waals surface area contributed by atoms with E-state index in [4.69, 9.17) is 10.2 Å². The standard InChI is InChI=1S/C12H10O4/c13-11(14)9-5-6-10(12(15)16)8-4-2-1-3-7(8)9/h1-6,9-10H,(H,13,14)(H,15,16)/t9-,10-/m1/s1. The van der Waals surface area contributed by atoms with E-state index >= 15 is 0 Å². The van der Waals surface area contributed by atoms with Crippen molar-refractivity contribution in [3.05, 3.63) is 47.5 Å². The Kier molecular flexibility index (Phi) is 2.48. The van der Waals surface area contributed by atoms with Crippen molar-refractivity contribution in [2.45, 2.75) is 11.8 Å². The van der Waals surface area contributed by atoms with Gasteiger partial charge in [0.25, 0.3) is 0 Å². The molecule has 2 N–H and O–H groups in total. The third-order valence-corrected chi connectivity index (χ3v) is 2.69. The molecule has 16 heavy (non-hydrogen) atoms. The van der Waals surface area contributed by atoms with E-state index in [1.807, 2.05) is 0 Å². The number of benzene rings is 1. The molecule has 1 aromatic rings. The fourth-order valence-electron chi connectivity index (χ4n) is 1.94. The normalized spacial score (nSPS) is 22.5. The van der Waals surface area contributed by atoms with Crippen molar-refractivity contribution in [1.29, 1.82) is 0 Å². The molecular formula is C12H10O4. The fourth-order valence-corrected chi connectivity index (χ4v) is 1.94. The van der Waals surface area contributed by atoms with Gasteiger partial charge in [0.15, 0.2) is 0 Å². The zero-order chi connectivity index (χ0) is 11.7. The van der Waals surface area contributed by atoms with Crippen molar-refractivity contribution in [3.8, 4) is 0 Å². The average molecular weight is 218 g/mol. The highest BCUT2D eigenvalue weighted by atomic mass is 16.4. The van der Waals surface area contributed by atoms with Crippen molar-refractivity contribution < 1.29 is 19.8 Å². The lowest BCUT2D eigenvalue weighted by atomic mass is 9.82. The summed E-state index contributed by atoms with van der Waals surface area (Å²) in [5.74, 6) is -3.42. The van der Waals surface area contributed by atoms with Gasteiger partial charge in [0, 0.05) is 0 Å². The molecule has 0 fully saturated rings. The number of carbonyl (C=O) groups is 2. The molecule has 0 spiro atoms. The van der Waals surface area contributed by atoms with Crippen molar-refractivity contribution in [2.24, 2.45) is 0 Å². The minimum Gasteiger partial charge on any atom is -0.481 e. The Bertz CT molecular complexity index is 433. The predicted molar refractivity (Wildman–Crippen MR) is 56.3 cm³/mol. The van der Waals surface area contributed by atoms with E-state index < -0.39 is 23.8 Å². The van der Waals surface area contributed by atoms with Crippen LogP contribution in [-0.2, 0) is 9.59 Å². The maximum Gasteiger partial charge on any atom is 0.314 e. The van der Waals surface area contributed by atoms with E-state index in [2.05, 4.69) is 0 Å². The van der Waals surface area contributed by atoms with E-state index in [0.29, 0.717) is 11.1 Å². The molecule has 4 nitrogen and oxygen atoms in total. The SMILES string of the molecule is O=C(O)[C@@H]1C=C[C@@H](C(=O)O)c2ccccc21. The molecule has 2 rings (SSSR count). The van der Waals surface area contributed by atoms with Crippen LogP contribution in [0.3, 0.4) is 0 Å². The molecule has 0 unspecified atom stereocenters. The molecule has 0 radical (unpaired) electrons. The molecule has 1 aromatic carbocycles. The van der Waals surface area contributed by atoms with Gasteiger partial charge in [-0.05, 0) is 11.1 Å². The van der Waals surface area contributed by atoms with E-state index in [-0.39, 0.29) is 0 Å². The highest BCUT2D eigenvalue weighted by Gasteiger charge is 2.30. The fraction of sp³-hybridized carbons (Fsp3) is 0.167. The van der Waals surface area contributed by atoms with E-state index in [0.717, 1.165) is 0 Å². The van der Waals surface area contributed by atoms with Crippen LogP contribution in [0.5, 0.6) is 0 Å². The summed E-state index contributed by atoms with van der Waals surface area (Å²) < 4.78 is 0. The van der Waals surface area contributed by atoms with Crippen LogP contribution in [0, 0.1) is 0 Å². The van der Waals surface area contributed by atoms with Crippen molar-refractivity contribution in [3.63, 3.8) is 0 Å². The zero-order valence-electron chi connectivity index (χ0n) is 8.33. The van der Waals surface area contributed by atoms with Gasteiger partial charge in [-0.3, -0.25) is 9.59 Å². The van der Waals surface area contributed by atoms with Crippen molar-refractivity contribution >= 4 is 11.9 Å². The molecule has 82 valence electrons. The second-order valence-electron chi connectivity index (χ2n) is 3.65. The molecule has 0 aliphatic heterocycles. The Hall–Kier alpha value is -2.10. The second-order valence-corrected chi connectivity index (χ2v) is 3.65. The summed E-state index contributed by atoms with van der Waals surface area (Å²) in [6, 6.07) is 6.75. The number of carboxylic acid groups (broad SMARTS) is 2. The Balaban J connectivity index is 2.54. The van der Waals surface area contributed by atoms with Gasteiger partial charge >= 0.3 is 11.9 Å². The summed E-state index contributed by atoms with van der Waals surface area (Å²) in [6.07, 6.45) is 2.87. The molecule has 1 aliphatic carbocycles. The lowest BCUT2D eigenvalue weighted by molar-refractivity contribution is -0.139. The molecule has 0 amide bonds. The Morgan fingerprint density at radius 2 is 1.25 bits per heavy atom. The minimum absolute atomic E-state index is 0.560. The highest BCUT2D eigenvalue weighted by molar-refractivity contribution is 5.85. The molecular weight excluding hydrogens is 208 g/mol. The minimum atomic E-state index is -0.965. The van der Waals surface area contributed by atoms with Crippen LogP contribution in [0.2, 0.25) is 0 Å². The zero-order valence-corrected chi connectivity index (χ0v) is 8.33. The van der Waals surface area contributed by atoms with Crippen molar-refractivity contribution in [1.82, 2.24) is 0 Å². The molecule has 1 aliphatic rings. The number of rotatable bonds is 2. The lowest BCUT2D eigenvalue weighted by Crippen LogP contribution is -2.20. The summed E-state index contributed by atoms with van der Waals surface area (Å²) in [5, 5.41) is 18.0. The summed E-state index contributed by atoms with van der Waals surface area (Å²) in [6.45, 7) is 0. The van der Waals surface area contributed by atoms with Gasteiger partial charge in [0.2, 0.25) is 0 Å². The topological polar surface area (TPSA) is 74.6 Å². The quantitative estimate of drug-likeness (QED) is 0.739. The number of hydrogen-bond acceptors (Lipinski definition) is 2. The number of fused-ring (bicyclic) bond motifs is 1. The summed E-state index contributed by atoms with van der Waals surface area (Å²) in [4.78, 5) is 22.0. The summed E-state index contributed by atoms with van der Waals surface area (Å²) >= 11 is 0. The molecule has 0 saturated heterocycles. The first-order chi connectivity index (χ1) is 7.61. The molecule has 0 aromatic heterocycles. The third-order valence-electron chi connectivity index (χ3n) is 2.69. The van der Waals surface area contributed by atoms with Gasteiger partial charge < -0.3 is 10.2 Å². The van der Waals surface area contributed by atoms with Crippen molar-refractivity contribution in [2.75, 3.05) is 0 Å². The van der Waals surface area contributed by atoms with Gasteiger partial charge in [-0.1, -0.05) is 36.4 Å². The average Bonchev–Trinajstić information content (AvgIpc) is 2.27. The third kappa shape index (κ3) is 1.58. The van der Waals surface area contributed by atoms with Gasteiger partial charge in [-0.25, -0.2) is 0 Å². The Labute approximate surface area is 91.8 Å². The first-order valence-corrected chi connectivity index (χ1v) is 4.84. The van der Waals surface area contributed by atoms with Crippen LogP contribution in [-0.4, -0.2) is 22.2 Å². The largest absolute Gasteiger partial charge is 0.481 e. The first-order valence-electron chi connectivity index (χ1n) is 4.84. The Morgan fingerprint density at radius 1 is 0.875 bits per heavy atom. The highest BCUT2D eigenvalue weighted by Crippen LogP contribution is 2.33.